The molecule has 1 N–H and O–H groups in total. The lowest BCUT2D eigenvalue weighted by atomic mass is 9.46. The topological polar surface area (TPSA) is 135 Å². The van der Waals surface area contributed by atoms with Gasteiger partial charge in [-0.15, -0.1) is 0 Å². The minimum atomic E-state index is -4.61. The van der Waals surface area contributed by atoms with E-state index in [1.807, 2.05) is 41.5 Å². The van der Waals surface area contributed by atoms with E-state index in [9.17, 15) is 37.5 Å². The lowest BCUT2D eigenvalue weighted by Gasteiger charge is -2.61. The van der Waals surface area contributed by atoms with Crippen LogP contribution in [0.4, 0.5) is 13.2 Å². The van der Waals surface area contributed by atoms with E-state index >= 15 is 0 Å². The first kappa shape index (κ1) is 46.1. The molecule has 0 radical (unpaired) electrons. The normalized spacial score (nSPS) is 38.9. The van der Waals surface area contributed by atoms with Crippen molar-refractivity contribution in [3.05, 3.63) is 0 Å². The lowest BCUT2D eigenvalue weighted by Crippen LogP contribution is -2.58. The molecule has 6 saturated carbocycles. The van der Waals surface area contributed by atoms with Gasteiger partial charge in [-0.1, -0.05) is 20.8 Å². The standard InChI is InChI=1S/C19H32O2.C14H21F3O3.C13H18O5/c1-6-17(2,3)16(20)21-18(4,5)19-10-13-7-14(11-19)9-15(8-13)12-19;1-4-12(2,3)11(18)20-10-6-9-5-8(10)7-13(9,19)14(15,16)17;1-4-13(2,3)12(15)18-9-7-5-6-8(16-7)10(9)17-11(6)14/h13-15H,6-12H2,1-5H3;8-10,19H,4-7H2,1-3H3;6-10H,4-5H2,1-3H3. The van der Waals surface area contributed by atoms with Crippen molar-refractivity contribution in [2.75, 3.05) is 0 Å². The Morgan fingerprint density at radius 1 is 0.695 bits per heavy atom. The number of carbonyl (C=O) groups is 4. The van der Waals surface area contributed by atoms with Gasteiger partial charge < -0.3 is 28.8 Å². The fraction of sp³-hybridized carbons (Fsp3) is 0.913. The predicted molar refractivity (Wildman–Crippen MR) is 211 cm³/mol. The summed E-state index contributed by atoms with van der Waals surface area (Å²) in [6.07, 6.45) is 4.67. The second-order valence-corrected chi connectivity index (χ2v) is 22.1. The molecule has 3 aliphatic heterocycles. The maximum Gasteiger partial charge on any atom is 0.417 e. The number of ether oxygens (including phenoxy) is 5. The molecule has 6 aliphatic carbocycles. The van der Waals surface area contributed by atoms with Crippen molar-refractivity contribution < 1.29 is 61.1 Å². The molecular formula is C46H71F3O10. The molecule has 9 rings (SSSR count). The molecule has 10 nitrogen and oxygen atoms in total. The molecular weight excluding hydrogens is 769 g/mol. The summed E-state index contributed by atoms with van der Waals surface area (Å²) in [6, 6.07) is 0. The number of esters is 4. The summed E-state index contributed by atoms with van der Waals surface area (Å²) in [6.45, 7) is 21.5. The zero-order valence-electron chi connectivity index (χ0n) is 37.3. The number of halogens is 3. The van der Waals surface area contributed by atoms with Crippen molar-refractivity contribution in [1.29, 1.82) is 0 Å². The number of rotatable bonds is 10. The second-order valence-electron chi connectivity index (χ2n) is 22.1. The number of alkyl halides is 3. The van der Waals surface area contributed by atoms with Gasteiger partial charge in [0.15, 0.2) is 17.8 Å². The Morgan fingerprint density at radius 2 is 1.19 bits per heavy atom. The maximum atomic E-state index is 12.9. The second kappa shape index (κ2) is 15.7. The van der Waals surface area contributed by atoms with Crippen LogP contribution < -0.4 is 0 Å². The van der Waals surface area contributed by atoms with Crippen molar-refractivity contribution in [3.63, 3.8) is 0 Å². The quantitative estimate of drug-likeness (QED) is 0.168. The zero-order chi connectivity index (χ0) is 43.9. The summed E-state index contributed by atoms with van der Waals surface area (Å²) in [5.74, 6) is 0.480. The van der Waals surface area contributed by atoms with E-state index < -0.39 is 46.8 Å². The van der Waals surface area contributed by atoms with E-state index in [-0.39, 0.29) is 83.6 Å². The van der Waals surface area contributed by atoms with Crippen LogP contribution in [-0.4, -0.2) is 76.9 Å². The van der Waals surface area contributed by atoms with Crippen LogP contribution in [0.5, 0.6) is 0 Å². The first-order valence-corrected chi connectivity index (χ1v) is 22.4. The fourth-order valence-corrected chi connectivity index (χ4v) is 11.5. The van der Waals surface area contributed by atoms with Crippen molar-refractivity contribution >= 4 is 23.9 Å². The first-order valence-electron chi connectivity index (χ1n) is 22.4. The van der Waals surface area contributed by atoms with Crippen molar-refractivity contribution in [2.24, 2.45) is 57.2 Å². The smallest absolute Gasteiger partial charge is 0.417 e. The molecule has 13 heteroatoms. The van der Waals surface area contributed by atoms with Gasteiger partial charge in [-0.05, 0) is 163 Å². The summed E-state index contributed by atoms with van der Waals surface area (Å²) in [4.78, 5) is 48.2. The van der Waals surface area contributed by atoms with E-state index in [0.717, 1.165) is 24.2 Å². The summed E-state index contributed by atoms with van der Waals surface area (Å²) in [5, 5.41) is 9.81. The minimum Gasteiger partial charge on any atom is -0.462 e. The van der Waals surface area contributed by atoms with E-state index in [0.29, 0.717) is 19.3 Å². The van der Waals surface area contributed by atoms with Crippen LogP contribution >= 0.6 is 0 Å². The lowest BCUT2D eigenvalue weighted by molar-refractivity contribution is -0.281. The van der Waals surface area contributed by atoms with Crippen LogP contribution in [0.3, 0.4) is 0 Å². The number of hydrogen-bond acceptors (Lipinski definition) is 10. The van der Waals surface area contributed by atoms with Crippen molar-refractivity contribution in [1.82, 2.24) is 0 Å². The molecule has 336 valence electrons. The summed E-state index contributed by atoms with van der Waals surface area (Å²) < 4.78 is 66.6. The van der Waals surface area contributed by atoms with E-state index in [1.165, 1.54) is 38.5 Å². The van der Waals surface area contributed by atoms with E-state index in [4.69, 9.17) is 23.7 Å². The monoisotopic (exact) mass is 840 g/mol. The molecule has 9 fully saturated rings. The van der Waals surface area contributed by atoms with Crippen LogP contribution in [0.1, 0.15) is 160 Å². The highest BCUT2D eigenvalue weighted by Gasteiger charge is 2.68. The first-order chi connectivity index (χ1) is 27.1. The van der Waals surface area contributed by atoms with Crippen LogP contribution in [0.25, 0.3) is 0 Å². The van der Waals surface area contributed by atoms with Gasteiger partial charge in [-0.3, -0.25) is 19.2 Å². The molecule has 3 saturated heterocycles. The molecule has 9 aliphatic rings. The van der Waals surface area contributed by atoms with Gasteiger partial charge in [-0.2, -0.15) is 13.2 Å². The Labute approximate surface area is 349 Å². The van der Waals surface area contributed by atoms with Gasteiger partial charge in [-0.25, -0.2) is 0 Å². The van der Waals surface area contributed by atoms with Crippen molar-refractivity contribution in [2.45, 2.75) is 208 Å². The summed E-state index contributed by atoms with van der Waals surface area (Å²) in [5.41, 5.74) is -4.15. The van der Waals surface area contributed by atoms with Crippen LogP contribution in [-0.2, 0) is 42.9 Å². The van der Waals surface area contributed by atoms with Crippen LogP contribution in [0, 0.1) is 57.2 Å². The molecule has 0 amide bonds. The Balaban J connectivity index is 0.000000149. The largest absolute Gasteiger partial charge is 0.462 e. The number of fused-ring (bicyclic) bond motifs is 3. The average molecular weight is 841 g/mol. The molecule has 0 spiro atoms. The maximum absolute atomic E-state index is 12.9. The van der Waals surface area contributed by atoms with E-state index in [1.54, 1.807) is 13.8 Å². The van der Waals surface area contributed by atoms with Gasteiger partial charge in [0.1, 0.15) is 17.8 Å². The molecule has 0 aromatic carbocycles. The van der Waals surface area contributed by atoms with Gasteiger partial charge in [0.25, 0.3) is 0 Å². The number of hydrogen-bond donors (Lipinski definition) is 1. The highest BCUT2D eigenvalue weighted by molar-refractivity contribution is 5.79. The summed E-state index contributed by atoms with van der Waals surface area (Å²) in [7, 11) is 0. The zero-order valence-corrected chi connectivity index (χ0v) is 37.3. The molecule has 9 atom stereocenters. The molecule has 0 aromatic heterocycles. The minimum absolute atomic E-state index is 0.00857. The Bertz CT molecular complexity index is 1580. The fourth-order valence-electron chi connectivity index (χ4n) is 11.5. The van der Waals surface area contributed by atoms with Gasteiger partial charge in [0, 0.05) is 11.3 Å². The van der Waals surface area contributed by atoms with Gasteiger partial charge in [0.2, 0.25) is 0 Å². The third-order valence-electron chi connectivity index (χ3n) is 16.6. The Hall–Kier alpha value is -2.41. The van der Waals surface area contributed by atoms with Crippen molar-refractivity contribution in [3.8, 4) is 0 Å². The average Bonchev–Trinajstić information content (AvgIpc) is 3.94. The number of carbonyl (C=O) groups excluding carboxylic acids is 4. The third kappa shape index (κ3) is 8.43. The Kier molecular flexibility index (Phi) is 12.3. The SMILES string of the molecule is CCC(C)(C)C(=O)OC(C)(C)C12CC3CC(CC(C3)C1)C2.CCC(C)(C)C(=O)OC1C2CC3C(=O)OC1C3O2.CCC(C)(C)C(=O)OC1CC2CC1CC2(O)C(F)(F)F. The highest BCUT2D eigenvalue weighted by Crippen LogP contribution is 2.64. The van der Waals surface area contributed by atoms with Crippen LogP contribution in [0.2, 0.25) is 0 Å². The summed E-state index contributed by atoms with van der Waals surface area (Å²) >= 11 is 0. The molecule has 59 heavy (non-hydrogen) atoms. The molecule has 8 bridgehead atoms. The molecule has 0 aromatic rings. The number of aliphatic hydroxyl groups is 1. The van der Waals surface area contributed by atoms with Gasteiger partial charge in [0.05, 0.1) is 28.3 Å². The van der Waals surface area contributed by atoms with E-state index in [2.05, 4.69) is 20.8 Å². The highest BCUT2D eigenvalue weighted by atomic mass is 19.4. The van der Waals surface area contributed by atoms with Crippen LogP contribution in [0.15, 0.2) is 0 Å². The predicted octanol–water partition coefficient (Wildman–Crippen LogP) is 9.07. The third-order valence-corrected chi connectivity index (χ3v) is 16.6. The molecule has 3 heterocycles. The molecule has 9 unspecified atom stereocenters. The Morgan fingerprint density at radius 3 is 1.64 bits per heavy atom. The van der Waals surface area contributed by atoms with Gasteiger partial charge >= 0.3 is 30.1 Å².